The van der Waals surface area contributed by atoms with Crippen molar-refractivity contribution >= 4 is 46.9 Å². The molecule has 0 radical (unpaired) electrons. The topological polar surface area (TPSA) is 185 Å². The summed E-state index contributed by atoms with van der Waals surface area (Å²) < 4.78 is 0. The fourth-order valence-corrected chi connectivity index (χ4v) is 4.12. The van der Waals surface area contributed by atoms with Crippen LogP contribution in [0.2, 0.25) is 0 Å². The molecule has 6 amide bonds. The molecule has 0 bridgehead atoms. The maximum atomic E-state index is 13.3. The van der Waals surface area contributed by atoms with Crippen LogP contribution >= 0.6 is 0 Å². The van der Waals surface area contributed by atoms with Crippen molar-refractivity contribution in [3.63, 3.8) is 0 Å². The zero-order valence-electron chi connectivity index (χ0n) is 23.2. The van der Waals surface area contributed by atoms with Crippen molar-refractivity contribution < 1.29 is 33.6 Å². The number of anilines is 1. The van der Waals surface area contributed by atoms with Crippen LogP contribution in [0, 0.1) is 17.8 Å². The number of hydrogen-bond acceptors (Lipinski definition) is 7. The number of rotatable bonds is 15. The predicted octanol–water partition coefficient (Wildman–Crippen LogP) is 1.55. The van der Waals surface area contributed by atoms with Crippen LogP contribution in [0.1, 0.15) is 57.3 Å². The number of benzene rings is 1. The zero-order valence-corrected chi connectivity index (χ0v) is 23.2. The van der Waals surface area contributed by atoms with Crippen LogP contribution in [-0.2, 0) is 24.0 Å². The third-order valence-corrected chi connectivity index (χ3v) is 6.34. The molecule has 0 saturated heterocycles. The van der Waals surface area contributed by atoms with Gasteiger partial charge >= 0.3 is 6.03 Å². The number of nitrogens with one attached hydrogen (secondary N) is 3. The van der Waals surface area contributed by atoms with Crippen molar-refractivity contribution in [1.82, 2.24) is 15.5 Å². The van der Waals surface area contributed by atoms with Crippen molar-refractivity contribution in [2.75, 3.05) is 18.4 Å². The molecule has 1 aliphatic heterocycles. The van der Waals surface area contributed by atoms with E-state index in [1.54, 1.807) is 52.0 Å². The molecular formula is C28H37N5O7. The van der Waals surface area contributed by atoms with Gasteiger partial charge in [-0.15, -0.1) is 0 Å². The summed E-state index contributed by atoms with van der Waals surface area (Å²) >= 11 is 0. The van der Waals surface area contributed by atoms with E-state index in [2.05, 4.69) is 16.0 Å². The second-order valence-electron chi connectivity index (χ2n) is 10.3. The molecule has 12 heteroatoms. The van der Waals surface area contributed by atoms with Crippen molar-refractivity contribution in [3.8, 4) is 0 Å². The number of carbonyl (C=O) groups excluding carboxylic acids is 7. The number of urea groups is 1. The van der Waals surface area contributed by atoms with E-state index in [9.17, 15) is 33.6 Å². The Hall–Kier alpha value is -4.35. The molecule has 0 saturated carbocycles. The molecule has 0 fully saturated rings. The second-order valence-corrected chi connectivity index (χ2v) is 10.3. The van der Waals surface area contributed by atoms with E-state index in [-0.39, 0.29) is 37.0 Å². The number of nitrogens with zero attached hydrogens (tertiary/aromatic N) is 1. The molecule has 2 atom stereocenters. The number of amides is 6. The molecule has 40 heavy (non-hydrogen) atoms. The van der Waals surface area contributed by atoms with E-state index < -0.39 is 53.9 Å². The smallest absolute Gasteiger partial charge is 0.312 e. The number of Topliss-reactive ketones (excluding diaryl/α,β-unsaturated/α-hetero) is 2. The van der Waals surface area contributed by atoms with E-state index in [0.29, 0.717) is 17.7 Å². The van der Waals surface area contributed by atoms with Gasteiger partial charge in [0.1, 0.15) is 6.54 Å². The maximum absolute atomic E-state index is 13.3. The van der Waals surface area contributed by atoms with Crippen LogP contribution in [0.4, 0.5) is 10.5 Å². The molecular weight excluding hydrogens is 518 g/mol. The summed E-state index contributed by atoms with van der Waals surface area (Å²) in [5.74, 6) is -4.10. The predicted molar refractivity (Wildman–Crippen MR) is 147 cm³/mol. The lowest BCUT2D eigenvalue weighted by atomic mass is 9.89. The van der Waals surface area contributed by atoms with Crippen LogP contribution in [0.5, 0.6) is 0 Å². The van der Waals surface area contributed by atoms with Gasteiger partial charge < -0.3 is 21.7 Å². The highest BCUT2D eigenvalue weighted by atomic mass is 16.2. The summed E-state index contributed by atoms with van der Waals surface area (Å²) in [5, 5.41) is 7.80. The zero-order chi connectivity index (χ0) is 30.0. The molecule has 0 spiro atoms. The van der Waals surface area contributed by atoms with E-state index in [1.807, 2.05) is 0 Å². The fourth-order valence-electron chi connectivity index (χ4n) is 4.12. The summed E-state index contributed by atoms with van der Waals surface area (Å²) in [5.41, 5.74) is 6.06. The lowest BCUT2D eigenvalue weighted by Gasteiger charge is -2.25. The Morgan fingerprint density at radius 2 is 1.52 bits per heavy atom. The minimum absolute atomic E-state index is 0.0280. The lowest BCUT2D eigenvalue weighted by molar-refractivity contribution is -0.141. The van der Waals surface area contributed by atoms with Crippen molar-refractivity contribution in [1.29, 1.82) is 0 Å². The average molecular weight is 556 g/mol. The molecule has 1 heterocycles. The Bertz CT molecular complexity index is 1160. The van der Waals surface area contributed by atoms with Gasteiger partial charge in [-0.25, -0.2) is 4.79 Å². The van der Waals surface area contributed by atoms with Crippen LogP contribution in [0.25, 0.3) is 0 Å². The highest BCUT2D eigenvalue weighted by molar-refractivity contribution is 6.14. The second kappa shape index (κ2) is 14.7. The number of nitrogens with two attached hydrogens (primary N) is 1. The van der Waals surface area contributed by atoms with E-state index in [4.69, 9.17) is 5.73 Å². The van der Waals surface area contributed by atoms with Gasteiger partial charge in [0.25, 0.3) is 11.8 Å². The fraction of sp³-hybridized carbons (Fsp3) is 0.464. The molecule has 0 aromatic heterocycles. The average Bonchev–Trinajstić information content (AvgIpc) is 3.20. The van der Waals surface area contributed by atoms with Crippen LogP contribution < -0.4 is 21.7 Å². The summed E-state index contributed by atoms with van der Waals surface area (Å²) in [7, 11) is 0. The van der Waals surface area contributed by atoms with Crippen LogP contribution in [-0.4, -0.2) is 65.3 Å². The van der Waals surface area contributed by atoms with Crippen molar-refractivity contribution in [2.45, 2.75) is 53.0 Å². The van der Waals surface area contributed by atoms with E-state index in [0.717, 1.165) is 17.1 Å². The van der Waals surface area contributed by atoms with Gasteiger partial charge in [-0.3, -0.25) is 33.7 Å². The Kier molecular flexibility index (Phi) is 11.7. The van der Waals surface area contributed by atoms with Crippen molar-refractivity contribution in [3.05, 3.63) is 42.0 Å². The van der Waals surface area contributed by atoms with Gasteiger partial charge in [0.05, 0.1) is 6.04 Å². The first-order valence-electron chi connectivity index (χ1n) is 13.1. The number of carbonyl (C=O) groups is 7. The lowest BCUT2D eigenvalue weighted by Crippen LogP contribution is -2.49. The van der Waals surface area contributed by atoms with Crippen LogP contribution in [0.3, 0.4) is 0 Å². The largest absolute Gasteiger partial charge is 0.352 e. The SMILES string of the molecule is CC(C)C(=O)c1ccc(NC(=O)[C@H](CCCNC(N)=O)CC(=O)[C@H](NC(=O)CN2C(=O)C=CC2=O)C(C)C)cc1. The summed E-state index contributed by atoms with van der Waals surface area (Å²) in [6, 6.07) is 4.77. The molecule has 1 aromatic rings. The summed E-state index contributed by atoms with van der Waals surface area (Å²) in [4.78, 5) is 86.6. The molecule has 5 N–H and O–H groups in total. The summed E-state index contributed by atoms with van der Waals surface area (Å²) in [6.45, 7) is 6.71. The molecule has 1 aliphatic rings. The first-order chi connectivity index (χ1) is 18.8. The number of imide groups is 1. The first-order valence-corrected chi connectivity index (χ1v) is 13.1. The molecule has 216 valence electrons. The van der Waals surface area contributed by atoms with Gasteiger partial charge in [0, 0.05) is 48.2 Å². The van der Waals surface area contributed by atoms with E-state index >= 15 is 0 Å². The first kappa shape index (κ1) is 31.9. The normalized spacial score (nSPS) is 14.3. The van der Waals surface area contributed by atoms with Gasteiger partial charge in [0.15, 0.2) is 11.6 Å². The number of primary amides is 1. The quantitative estimate of drug-likeness (QED) is 0.144. The Balaban J connectivity index is 2.11. The third kappa shape index (κ3) is 9.44. The van der Waals surface area contributed by atoms with Gasteiger partial charge in [-0.05, 0) is 43.0 Å². The molecule has 1 aromatic carbocycles. The molecule has 12 nitrogen and oxygen atoms in total. The maximum Gasteiger partial charge on any atom is 0.312 e. The molecule has 0 aliphatic carbocycles. The van der Waals surface area contributed by atoms with Crippen molar-refractivity contribution in [2.24, 2.45) is 23.5 Å². The Labute approximate surface area is 233 Å². The van der Waals surface area contributed by atoms with Crippen LogP contribution in [0.15, 0.2) is 36.4 Å². The third-order valence-electron chi connectivity index (χ3n) is 6.34. The summed E-state index contributed by atoms with van der Waals surface area (Å²) in [6.07, 6.45) is 2.52. The highest BCUT2D eigenvalue weighted by Gasteiger charge is 2.31. The minimum Gasteiger partial charge on any atom is -0.352 e. The van der Waals surface area contributed by atoms with Gasteiger partial charge in [-0.1, -0.05) is 27.7 Å². The van der Waals surface area contributed by atoms with Gasteiger partial charge in [-0.2, -0.15) is 0 Å². The highest BCUT2D eigenvalue weighted by Crippen LogP contribution is 2.20. The number of ketones is 2. The molecule has 0 unspecified atom stereocenters. The monoisotopic (exact) mass is 555 g/mol. The van der Waals surface area contributed by atoms with E-state index in [1.165, 1.54) is 0 Å². The minimum atomic E-state index is -0.964. The standard InChI is InChI=1S/C28H37N5O7/c1-16(2)25(32-22(35)15-33-23(36)11-12-24(33)37)21(34)14-19(6-5-13-30-28(29)40)27(39)31-20-9-7-18(8-10-20)26(38)17(3)4/h7-12,16-17,19,25H,5-6,13-15H2,1-4H3,(H,31,39)(H,32,35)(H3,29,30,40)/t19-,25-/m1/s1. The Morgan fingerprint density at radius 1 is 0.925 bits per heavy atom. The number of hydrogen-bond donors (Lipinski definition) is 4. The van der Waals surface area contributed by atoms with Gasteiger partial charge in [0.2, 0.25) is 11.8 Å². The molecule has 2 rings (SSSR count). The Morgan fingerprint density at radius 3 is 2.05 bits per heavy atom.